The van der Waals surface area contributed by atoms with E-state index in [2.05, 4.69) is 15.3 Å². The zero-order chi connectivity index (χ0) is 18.0. The van der Waals surface area contributed by atoms with Crippen molar-refractivity contribution >= 4 is 34.1 Å². The van der Waals surface area contributed by atoms with Gasteiger partial charge in [0.15, 0.2) is 6.61 Å². The third-order valence-electron chi connectivity index (χ3n) is 3.51. The van der Waals surface area contributed by atoms with Gasteiger partial charge < -0.3 is 20.9 Å². The Hall–Kier alpha value is -3.42. The summed E-state index contributed by atoms with van der Waals surface area (Å²) < 4.78 is 18.6. The number of aromatic nitrogens is 2. The lowest BCUT2D eigenvalue weighted by Gasteiger charge is -2.14. The van der Waals surface area contributed by atoms with Crippen LogP contribution in [0.1, 0.15) is 5.56 Å². The maximum Gasteiger partial charge on any atom is 0.341 e. The number of nitrogens with zero attached hydrogens (tertiary/aromatic N) is 2. The molecule has 0 spiro atoms. The number of nitrogen functional groups attached to an aromatic ring is 1. The van der Waals surface area contributed by atoms with Gasteiger partial charge in [-0.1, -0.05) is 0 Å². The maximum atomic E-state index is 13.5. The number of halogens is 1. The molecule has 3 aromatic rings. The Morgan fingerprint density at radius 2 is 2.12 bits per heavy atom. The summed E-state index contributed by atoms with van der Waals surface area (Å²) >= 11 is 0. The summed E-state index contributed by atoms with van der Waals surface area (Å²) in [6.45, 7) is 1.29. The van der Waals surface area contributed by atoms with Gasteiger partial charge in [-0.05, 0) is 36.8 Å². The topological polar surface area (TPSA) is 110 Å². The number of benzene rings is 2. The molecule has 0 radical (unpaired) electrons. The van der Waals surface area contributed by atoms with Crippen molar-refractivity contribution in [2.75, 3.05) is 17.7 Å². The van der Waals surface area contributed by atoms with Crippen LogP contribution >= 0.6 is 0 Å². The fourth-order valence-corrected chi connectivity index (χ4v) is 2.50. The van der Waals surface area contributed by atoms with Crippen LogP contribution in [0.4, 0.5) is 21.6 Å². The molecule has 0 aliphatic carbocycles. The van der Waals surface area contributed by atoms with E-state index in [1.807, 2.05) is 6.92 Å². The van der Waals surface area contributed by atoms with Crippen LogP contribution in [0.15, 0.2) is 36.7 Å². The summed E-state index contributed by atoms with van der Waals surface area (Å²) in [5.41, 5.74) is 8.34. The van der Waals surface area contributed by atoms with Crippen molar-refractivity contribution in [3.63, 3.8) is 0 Å². The van der Waals surface area contributed by atoms with Crippen LogP contribution in [0, 0.1) is 12.7 Å². The van der Waals surface area contributed by atoms with Crippen LogP contribution in [0.25, 0.3) is 10.9 Å². The Kier molecular flexibility index (Phi) is 4.34. The summed E-state index contributed by atoms with van der Waals surface area (Å²) in [6.07, 6.45) is 1.38. The van der Waals surface area contributed by atoms with Gasteiger partial charge in [-0.2, -0.15) is 0 Å². The van der Waals surface area contributed by atoms with Crippen LogP contribution in [-0.2, 0) is 4.79 Å². The lowest BCUT2D eigenvalue weighted by atomic mass is 10.1. The first-order valence-electron chi connectivity index (χ1n) is 7.36. The highest BCUT2D eigenvalue weighted by molar-refractivity contribution is 5.95. The van der Waals surface area contributed by atoms with Crippen molar-refractivity contribution in [1.82, 2.24) is 9.97 Å². The number of hydrogen-bond acceptors (Lipinski definition) is 6. The quantitative estimate of drug-likeness (QED) is 0.611. The summed E-state index contributed by atoms with van der Waals surface area (Å²) in [7, 11) is 0. The highest BCUT2D eigenvalue weighted by Gasteiger charge is 2.12. The van der Waals surface area contributed by atoms with E-state index in [0.717, 1.165) is 17.0 Å². The van der Waals surface area contributed by atoms with Gasteiger partial charge in [0.05, 0.1) is 11.2 Å². The van der Waals surface area contributed by atoms with Crippen molar-refractivity contribution < 1.29 is 19.0 Å². The molecule has 1 heterocycles. The fraction of sp³-hybridized carbons (Fsp3) is 0.118. The Morgan fingerprint density at radius 3 is 2.88 bits per heavy atom. The number of carboxylic acids is 1. The molecular weight excluding hydrogens is 327 g/mol. The van der Waals surface area contributed by atoms with E-state index in [1.165, 1.54) is 18.5 Å². The summed E-state index contributed by atoms with van der Waals surface area (Å²) in [5, 5.41) is 12.6. The van der Waals surface area contributed by atoms with Gasteiger partial charge in [0.2, 0.25) is 0 Å². The lowest BCUT2D eigenvalue weighted by Crippen LogP contribution is -2.11. The molecule has 0 fully saturated rings. The third-order valence-corrected chi connectivity index (χ3v) is 3.51. The molecule has 0 bridgehead atoms. The number of ether oxygens (including phenoxy) is 1. The fourth-order valence-electron chi connectivity index (χ4n) is 2.50. The van der Waals surface area contributed by atoms with Gasteiger partial charge in [0.25, 0.3) is 0 Å². The molecule has 0 saturated heterocycles. The minimum atomic E-state index is -1.16. The largest absolute Gasteiger partial charge is 0.480 e. The molecule has 4 N–H and O–H groups in total. The van der Waals surface area contributed by atoms with Crippen molar-refractivity contribution in [2.24, 2.45) is 0 Å². The molecule has 3 rings (SSSR count). The zero-order valence-electron chi connectivity index (χ0n) is 13.3. The number of aryl methyl sites for hydroxylation is 1. The van der Waals surface area contributed by atoms with E-state index in [9.17, 15) is 9.18 Å². The molecule has 0 aliphatic heterocycles. The summed E-state index contributed by atoms with van der Waals surface area (Å²) in [5.74, 6) is -1.15. The maximum absolute atomic E-state index is 13.5. The average Bonchev–Trinajstić information content (AvgIpc) is 2.54. The Balaban J connectivity index is 2.03. The molecule has 1 aromatic heterocycles. The number of aliphatic carboxylic acids is 1. The molecule has 8 heteroatoms. The van der Waals surface area contributed by atoms with Crippen LogP contribution in [0.2, 0.25) is 0 Å². The third kappa shape index (κ3) is 3.57. The predicted molar refractivity (Wildman–Crippen MR) is 91.5 cm³/mol. The number of carbonyl (C=O) groups is 1. The van der Waals surface area contributed by atoms with Gasteiger partial charge in [-0.15, -0.1) is 0 Å². The van der Waals surface area contributed by atoms with Crippen LogP contribution in [-0.4, -0.2) is 27.7 Å². The van der Waals surface area contributed by atoms with Gasteiger partial charge in [0.1, 0.15) is 23.7 Å². The lowest BCUT2D eigenvalue weighted by molar-refractivity contribution is -0.139. The number of rotatable bonds is 5. The smallest absolute Gasteiger partial charge is 0.341 e. The van der Waals surface area contributed by atoms with E-state index in [4.69, 9.17) is 15.6 Å². The van der Waals surface area contributed by atoms with Gasteiger partial charge in [0, 0.05) is 17.1 Å². The molecule has 0 aliphatic rings. The van der Waals surface area contributed by atoms with Gasteiger partial charge in [-0.3, -0.25) is 0 Å². The minimum absolute atomic E-state index is 0.0715. The van der Waals surface area contributed by atoms with Crippen molar-refractivity contribution in [1.29, 1.82) is 0 Å². The second kappa shape index (κ2) is 6.60. The monoisotopic (exact) mass is 342 g/mol. The van der Waals surface area contributed by atoms with E-state index < -0.39 is 18.4 Å². The molecule has 7 nitrogen and oxygen atoms in total. The summed E-state index contributed by atoms with van der Waals surface area (Å²) in [6, 6.07) is 7.32. The van der Waals surface area contributed by atoms with Crippen molar-refractivity contribution in [3.8, 4) is 5.75 Å². The Morgan fingerprint density at radius 1 is 1.32 bits per heavy atom. The van der Waals surface area contributed by atoms with Gasteiger partial charge >= 0.3 is 5.97 Å². The second-order valence-corrected chi connectivity index (χ2v) is 5.40. The normalized spacial score (nSPS) is 10.6. The molecule has 128 valence electrons. The SMILES string of the molecule is Cc1cc(N)cc2ncnc(Nc3ccc(F)cc3OCC(=O)O)c12. The van der Waals surface area contributed by atoms with Crippen LogP contribution in [0.3, 0.4) is 0 Å². The average molecular weight is 342 g/mol. The van der Waals surface area contributed by atoms with Crippen LogP contribution < -0.4 is 15.8 Å². The number of nitrogens with two attached hydrogens (primary N) is 1. The Bertz CT molecular complexity index is 962. The van der Waals surface area contributed by atoms with Crippen molar-refractivity contribution in [3.05, 3.63) is 48.0 Å². The molecule has 25 heavy (non-hydrogen) atoms. The molecule has 0 saturated carbocycles. The van der Waals surface area contributed by atoms with Crippen molar-refractivity contribution in [2.45, 2.75) is 6.92 Å². The molecule has 2 aromatic carbocycles. The van der Waals surface area contributed by atoms with Gasteiger partial charge in [-0.25, -0.2) is 19.2 Å². The first-order valence-corrected chi connectivity index (χ1v) is 7.36. The molecule has 0 unspecified atom stereocenters. The number of anilines is 3. The molecular formula is C17H15FN4O3. The number of nitrogens with one attached hydrogen (secondary N) is 1. The Labute approximate surface area is 142 Å². The highest BCUT2D eigenvalue weighted by atomic mass is 19.1. The van der Waals surface area contributed by atoms with E-state index >= 15 is 0 Å². The molecule has 0 amide bonds. The zero-order valence-corrected chi connectivity index (χ0v) is 13.3. The number of hydrogen-bond donors (Lipinski definition) is 3. The summed E-state index contributed by atoms with van der Waals surface area (Å²) in [4.78, 5) is 19.1. The first-order chi connectivity index (χ1) is 11.9. The standard InChI is InChI=1S/C17H15FN4O3/c1-9-4-11(19)6-13-16(9)17(21-8-20-13)22-12-3-2-10(18)5-14(12)25-7-15(23)24/h2-6,8H,7,19H2,1H3,(H,23,24)(H,20,21,22). The van der Waals surface area contributed by atoms with Crippen LogP contribution in [0.5, 0.6) is 5.75 Å². The number of carboxylic acid groups (broad SMARTS) is 1. The minimum Gasteiger partial charge on any atom is -0.480 e. The van der Waals surface area contributed by atoms with E-state index in [-0.39, 0.29) is 5.75 Å². The first kappa shape index (κ1) is 16.4. The molecule has 0 atom stereocenters. The predicted octanol–water partition coefficient (Wildman–Crippen LogP) is 2.87. The van der Waals surface area contributed by atoms with E-state index in [1.54, 1.807) is 12.1 Å². The second-order valence-electron chi connectivity index (χ2n) is 5.40. The van der Waals surface area contributed by atoms with E-state index in [0.29, 0.717) is 22.7 Å². The highest BCUT2D eigenvalue weighted by Crippen LogP contribution is 2.32. The number of fused-ring (bicyclic) bond motifs is 1.